The molecule has 152 valence electrons. The van der Waals surface area contributed by atoms with Crippen LogP contribution in [0.1, 0.15) is 44.1 Å². The highest BCUT2D eigenvalue weighted by atomic mass is 32.2. The van der Waals surface area contributed by atoms with Crippen LogP contribution in [0.25, 0.3) is 10.2 Å². The lowest BCUT2D eigenvalue weighted by Gasteiger charge is -2.35. The fourth-order valence-electron chi connectivity index (χ4n) is 4.21. The first kappa shape index (κ1) is 19.9. The van der Waals surface area contributed by atoms with Crippen molar-refractivity contribution in [1.82, 2.24) is 14.5 Å². The van der Waals surface area contributed by atoms with Crippen LogP contribution in [0.3, 0.4) is 0 Å². The normalized spacial score (nSPS) is 22.5. The van der Waals surface area contributed by atoms with Gasteiger partial charge < -0.3 is 9.64 Å². The molecule has 2 aliphatic rings. The predicted octanol–water partition coefficient (Wildman–Crippen LogP) is 3.08. The van der Waals surface area contributed by atoms with Crippen LogP contribution in [0.5, 0.6) is 0 Å². The standard InChI is InChI=1S/C20H27N3O3S2/c1-4-23-19(25)17-14-7-5-6-8-15(14)28-18(17)21-20(23)27-11-16(24)22-9-12(2)26-13(3)10-22/h12-13H,4-11H2,1-3H3. The number of ether oxygens (including phenoxy) is 1. The monoisotopic (exact) mass is 421 g/mol. The number of amides is 1. The molecule has 0 radical (unpaired) electrons. The largest absolute Gasteiger partial charge is 0.372 e. The number of hydrogen-bond donors (Lipinski definition) is 0. The maximum Gasteiger partial charge on any atom is 0.263 e. The van der Waals surface area contributed by atoms with E-state index >= 15 is 0 Å². The van der Waals surface area contributed by atoms with Crippen LogP contribution >= 0.6 is 23.1 Å². The first-order valence-electron chi connectivity index (χ1n) is 10.1. The summed E-state index contributed by atoms with van der Waals surface area (Å²) in [7, 11) is 0. The number of thiophene rings is 1. The lowest BCUT2D eigenvalue weighted by Crippen LogP contribution is -2.48. The molecule has 1 amide bonds. The molecule has 2 unspecified atom stereocenters. The second-order valence-corrected chi connectivity index (χ2v) is 9.71. The van der Waals surface area contributed by atoms with Crippen molar-refractivity contribution in [3.63, 3.8) is 0 Å². The average Bonchev–Trinajstić information content (AvgIpc) is 3.04. The molecule has 0 bridgehead atoms. The van der Waals surface area contributed by atoms with Crippen LogP contribution in [-0.2, 0) is 28.9 Å². The van der Waals surface area contributed by atoms with Crippen LogP contribution < -0.4 is 5.56 Å². The van der Waals surface area contributed by atoms with Crippen molar-refractivity contribution < 1.29 is 9.53 Å². The molecule has 6 nitrogen and oxygen atoms in total. The molecule has 1 aliphatic heterocycles. The van der Waals surface area contributed by atoms with Crippen molar-refractivity contribution in [3.05, 3.63) is 20.8 Å². The van der Waals surface area contributed by atoms with E-state index in [-0.39, 0.29) is 23.7 Å². The van der Waals surface area contributed by atoms with E-state index in [0.29, 0.717) is 30.5 Å². The van der Waals surface area contributed by atoms with Crippen LogP contribution in [0.15, 0.2) is 9.95 Å². The van der Waals surface area contributed by atoms with Gasteiger partial charge in [-0.1, -0.05) is 11.8 Å². The number of aryl methyl sites for hydroxylation is 2. The highest BCUT2D eigenvalue weighted by Gasteiger charge is 2.27. The Labute approximate surface area is 173 Å². The predicted molar refractivity (Wildman–Crippen MR) is 114 cm³/mol. The third-order valence-electron chi connectivity index (χ3n) is 5.45. The third kappa shape index (κ3) is 3.74. The summed E-state index contributed by atoms with van der Waals surface area (Å²) in [5.41, 5.74) is 1.27. The summed E-state index contributed by atoms with van der Waals surface area (Å²) >= 11 is 3.04. The lowest BCUT2D eigenvalue weighted by atomic mass is 9.97. The number of hydrogen-bond acceptors (Lipinski definition) is 6. The van der Waals surface area contributed by atoms with Crippen molar-refractivity contribution >= 4 is 39.2 Å². The van der Waals surface area contributed by atoms with E-state index < -0.39 is 0 Å². The number of aromatic nitrogens is 2. The summed E-state index contributed by atoms with van der Waals surface area (Å²) in [4.78, 5) is 34.7. The number of rotatable bonds is 4. The second-order valence-electron chi connectivity index (χ2n) is 7.68. The van der Waals surface area contributed by atoms with Gasteiger partial charge in [0, 0.05) is 24.5 Å². The van der Waals surface area contributed by atoms with Crippen LogP contribution in [0.2, 0.25) is 0 Å². The molecule has 2 atom stereocenters. The van der Waals surface area contributed by atoms with Gasteiger partial charge in [-0.25, -0.2) is 4.98 Å². The van der Waals surface area contributed by atoms with Crippen LogP contribution in [-0.4, -0.2) is 51.4 Å². The Balaban J connectivity index is 1.58. The molecular weight excluding hydrogens is 394 g/mol. The first-order chi connectivity index (χ1) is 13.5. The molecule has 2 aromatic rings. The fourth-order valence-corrected chi connectivity index (χ4v) is 6.48. The molecule has 4 rings (SSSR count). The van der Waals surface area contributed by atoms with Crippen molar-refractivity contribution in [3.8, 4) is 0 Å². The van der Waals surface area contributed by atoms with Gasteiger partial charge in [-0.15, -0.1) is 11.3 Å². The lowest BCUT2D eigenvalue weighted by molar-refractivity contribution is -0.140. The minimum absolute atomic E-state index is 0.0514. The van der Waals surface area contributed by atoms with Crippen molar-refractivity contribution in [1.29, 1.82) is 0 Å². The van der Waals surface area contributed by atoms with Gasteiger partial charge in [0.05, 0.1) is 23.3 Å². The van der Waals surface area contributed by atoms with Crippen LogP contribution in [0, 0.1) is 0 Å². The Kier molecular flexibility index (Phi) is 5.81. The van der Waals surface area contributed by atoms with E-state index in [1.54, 1.807) is 15.9 Å². The van der Waals surface area contributed by atoms with Crippen LogP contribution in [0.4, 0.5) is 0 Å². The van der Waals surface area contributed by atoms with Gasteiger partial charge in [0.1, 0.15) is 4.83 Å². The molecule has 1 aliphatic carbocycles. The number of nitrogens with zero attached hydrogens (tertiary/aromatic N) is 3. The van der Waals surface area contributed by atoms with Gasteiger partial charge >= 0.3 is 0 Å². The molecule has 3 heterocycles. The molecule has 0 spiro atoms. The summed E-state index contributed by atoms with van der Waals surface area (Å²) in [6.45, 7) is 7.75. The number of thioether (sulfide) groups is 1. The zero-order valence-electron chi connectivity index (χ0n) is 16.7. The zero-order chi connectivity index (χ0) is 19.8. The SMILES string of the molecule is CCn1c(SCC(=O)N2CC(C)OC(C)C2)nc2sc3c(c2c1=O)CCCC3. The zero-order valence-corrected chi connectivity index (χ0v) is 18.3. The highest BCUT2D eigenvalue weighted by Crippen LogP contribution is 2.34. The summed E-state index contributed by atoms with van der Waals surface area (Å²) in [5.74, 6) is 0.372. The Bertz CT molecular complexity index is 942. The van der Waals surface area contributed by atoms with E-state index in [0.717, 1.165) is 29.5 Å². The van der Waals surface area contributed by atoms with Crippen molar-refractivity contribution in [2.75, 3.05) is 18.8 Å². The smallest absolute Gasteiger partial charge is 0.263 e. The van der Waals surface area contributed by atoms with Gasteiger partial charge in [-0.2, -0.15) is 0 Å². The van der Waals surface area contributed by atoms with Crippen molar-refractivity contribution in [2.24, 2.45) is 0 Å². The first-order valence-corrected chi connectivity index (χ1v) is 11.9. The Morgan fingerprint density at radius 3 is 2.68 bits per heavy atom. The summed E-state index contributed by atoms with van der Waals surface area (Å²) in [6.07, 6.45) is 4.47. The van der Waals surface area contributed by atoms with Gasteiger partial charge in [0.15, 0.2) is 5.16 Å². The number of fused-ring (bicyclic) bond motifs is 3. The summed E-state index contributed by atoms with van der Waals surface area (Å²) in [6, 6.07) is 0. The maximum absolute atomic E-state index is 13.2. The molecule has 1 fully saturated rings. The van der Waals surface area contributed by atoms with Gasteiger partial charge in [-0.05, 0) is 52.0 Å². The second kappa shape index (κ2) is 8.16. The van der Waals surface area contributed by atoms with E-state index in [2.05, 4.69) is 0 Å². The average molecular weight is 422 g/mol. The highest BCUT2D eigenvalue weighted by molar-refractivity contribution is 7.99. The summed E-state index contributed by atoms with van der Waals surface area (Å²) in [5, 5.41) is 1.47. The quantitative estimate of drug-likeness (QED) is 0.561. The molecule has 28 heavy (non-hydrogen) atoms. The van der Waals surface area contributed by atoms with Gasteiger partial charge in [0.2, 0.25) is 5.91 Å². The Morgan fingerprint density at radius 1 is 1.25 bits per heavy atom. The molecule has 0 saturated carbocycles. The van der Waals surface area contributed by atoms with Crippen molar-refractivity contribution in [2.45, 2.75) is 70.4 Å². The fraction of sp³-hybridized carbons (Fsp3) is 0.650. The third-order valence-corrected chi connectivity index (χ3v) is 7.60. The van der Waals surface area contributed by atoms with Gasteiger partial charge in [0.25, 0.3) is 5.56 Å². The number of morpholine rings is 1. The molecule has 8 heteroatoms. The molecule has 1 saturated heterocycles. The number of carbonyl (C=O) groups is 1. The van der Waals surface area contributed by atoms with E-state index in [4.69, 9.17) is 9.72 Å². The van der Waals surface area contributed by atoms with E-state index in [1.165, 1.54) is 28.6 Å². The summed E-state index contributed by atoms with van der Waals surface area (Å²) < 4.78 is 7.44. The van der Waals surface area contributed by atoms with E-state index in [1.807, 2.05) is 25.7 Å². The topological polar surface area (TPSA) is 64.4 Å². The maximum atomic E-state index is 13.2. The Hall–Kier alpha value is -1.38. The Morgan fingerprint density at radius 2 is 1.96 bits per heavy atom. The minimum Gasteiger partial charge on any atom is -0.372 e. The molecule has 0 N–H and O–H groups in total. The van der Waals surface area contributed by atoms with E-state index in [9.17, 15) is 9.59 Å². The number of carbonyl (C=O) groups excluding carboxylic acids is 1. The molecule has 0 aromatic carbocycles. The molecule has 2 aromatic heterocycles. The minimum atomic E-state index is 0.0514. The van der Waals surface area contributed by atoms with Gasteiger partial charge in [-0.3, -0.25) is 14.2 Å². The molecular formula is C20H27N3O3S2.